The first-order chi connectivity index (χ1) is 13.2. The Hall–Kier alpha value is -2.25. The molecule has 1 saturated heterocycles. The highest BCUT2D eigenvalue weighted by atomic mass is 32.1. The van der Waals surface area contributed by atoms with Gasteiger partial charge in [-0.15, -0.1) is 11.3 Å². The third kappa shape index (κ3) is 3.04. The van der Waals surface area contributed by atoms with E-state index in [0.717, 1.165) is 46.9 Å². The summed E-state index contributed by atoms with van der Waals surface area (Å²) >= 11 is 1.53. The Morgan fingerprint density at radius 1 is 1.19 bits per heavy atom. The zero-order valence-electron chi connectivity index (χ0n) is 15.1. The molecule has 140 valence electrons. The molecule has 3 aliphatic rings. The molecule has 0 bridgehead atoms. The van der Waals surface area contributed by atoms with Gasteiger partial charge in [-0.25, -0.2) is 4.98 Å². The molecule has 0 spiro atoms. The summed E-state index contributed by atoms with van der Waals surface area (Å²) in [5.41, 5.74) is 5.46. The van der Waals surface area contributed by atoms with E-state index in [1.807, 2.05) is 15.2 Å². The van der Waals surface area contributed by atoms with E-state index in [4.69, 9.17) is 9.72 Å². The van der Waals surface area contributed by atoms with Crippen molar-refractivity contribution in [2.75, 3.05) is 37.7 Å². The predicted molar refractivity (Wildman–Crippen MR) is 103 cm³/mol. The lowest BCUT2D eigenvalue weighted by atomic mass is 9.96. The van der Waals surface area contributed by atoms with E-state index in [-0.39, 0.29) is 11.8 Å². The Bertz CT molecular complexity index is 917. The van der Waals surface area contributed by atoms with Crippen molar-refractivity contribution in [1.29, 1.82) is 0 Å². The van der Waals surface area contributed by atoms with Gasteiger partial charge >= 0.3 is 0 Å². The number of carbonyl (C=O) groups excluding carboxylic acids is 2. The Morgan fingerprint density at radius 2 is 2.00 bits per heavy atom. The second-order valence-electron chi connectivity index (χ2n) is 7.27. The maximum absolute atomic E-state index is 12.4. The van der Waals surface area contributed by atoms with Gasteiger partial charge in [-0.3, -0.25) is 9.59 Å². The summed E-state index contributed by atoms with van der Waals surface area (Å²) in [5, 5.41) is 2.86. The van der Waals surface area contributed by atoms with Gasteiger partial charge in [0.15, 0.2) is 0 Å². The summed E-state index contributed by atoms with van der Waals surface area (Å²) in [6, 6.07) is 4.27. The largest absolute Gasteiger partial charge is 0.378 e. The lowest BCUT2D eigenvalue weighted by molar-refractivity contribution is -0.134. The molecule has 0 N–H and O–H groups in total. The van der Waals surface area contributed by atoms with E-state index >= 15 is 0 Å². The van der Waals surface area contributed by atoms with Gasteiger partial charge in [0.05, 0.1) is 37.4 Å². The quantitative estimate of drug-likeness (QED) is 0.814. The maximum atomic E-state index is 12.4. The van der Waals surface area contributed by atoms with Crippen molar-refractivity contribution >= 4 is 28.8 Å². The molecule has 0 radical (unpaired) electrons. The fourth-order valence-electron chi connectivity index (χ4n) is 4.21. The van der Waals surface area contributed by atoms with Crippen molar-refractivity contribution in [2.45, 2.75) is 25.7 Å². The van der Waals surface area contributed by atoms with Crippen LogP contribution in [0.25, 0.3) is 11.3 Å². The minimum atomic E-state index is 0.115. The van der Waals surface area contributed by atoms with Crippen molar-refractivity contribution in [1.82, 2.24) is 9.88 Å². The third-order valence-corrected chi connectivity index (χ3v) is 6.37. The number of anilines is 1. The Morgan fingerprint density at radius 3 is 2.85 bits per heavy atom. The normalized spacial score (nSPS) is 18.7. The average molecular weight is 383 g/mol. The van der Waals surface area contributed by atoms with Crippen LogP contribution in [-0.4, -0.2) is 54.5 Å². The maximum Gasteiger partial charge on any atom is 0.231 e. The van der Waals surface area contributed by atoms with E-state index < -0.39 is 0 Å². The van der Waals surface area contributed by atoms with Gasteiger partial charge in [-0.2, -0.15) is 0 Å². The molecule has 1 aromatic carbocycles. The molecule has 0 aliphatic carbocycles. The number of ether oxygens (including phenoxy) is 1. The molecule has 3 aliphatic heterocycles. The van der Waals surface area contributed by atoms with Crippen LogP contribution in [0, 0.1) is 0 Å². The molecule has 1 fully saturated rings. The summed E-state index contributed by atoms with van der Waals surface area (Å²) < 4.78 is 5.31. The van der Waals surface area contributed by atoms with E-state index in [1.165, 1.54) is 16.9 Å². The third-order valence-electron chi connectivity index (χ3n) is 5.52. The molecule has 27 heavy (non-hydrogen) atoms. The number of hydrogen-bond acceptors (Lipinski definition) is 5. The number of benzene rings is 1. The monoisotopic (exact) mass is 383 g/mol. The highest BCUT2D eigenvalue weighted by Crippen LogP contribution is 2.39. The minimum absolute atomic E-state index is 0.115. The molecule has 4 heterocycles. The zero-order chi connectivity index (χ0) is 18.4. The van der Waals surface area contributed by atoms with Gasteiger partial charge in [0.2, 0.25) is 11.8 Å². The summed E-state index contributed by atoms with van der Waals surface area (Å²) in [6.07, 6.45) is 2.85. The van der Waals surface area contributed by atoms with Gasteiger partial charge in [0, 0.05) is 30.6 Å². The van der Waals surface area contributed by atoms with Gasteiger partial charge in [0.25, 0.3) is 0 Å². The van der Waals surface area contributed by atoms with Crippen molar-refractivity contribution in [3.05, 3.63) is 33.6 Å². The molecular formula is C20H21N3O3S. The lowest BCUT2D eigenvalue weighted by Gasteiger charge is -2.26. The number of carbonyl (C=O) groups is 2. The van der Waals surface area contributed by atoms with Gasteiger partial charge in [-0.1, -0.05) is 0 Å². The van der Waals surface area contributed by atoms with Crippen LogP contribution in [0.4, 0.5) is 5.69 Å². The molecule has 0 saturated carbocycles. The number of amides is 2. The summed E-state index contributed by atoms with van der Waals surface area (Å²) in [6.45, 7) is 3.39. The van der Waals surface area contributed by atoms with E-state index in [9.17, 15) is 9.59 Å². The number of rotatable bonds is 3. The van der Waals surface area contributed by atoms with Crippen LogP contribution in [0.5, 0.6) is 0 Å². The van der Waals surface area contributed by atoms with Crippen molar-refractivity contribution < 1.29 is 14.3 Å². The number of hydrogen-bond donors (Lipinski definition) is 0. The highest BCUT2D eigenvalue weighted by Gasteiger charge is 2.32. The second kappa shape index (κ2) is 6.73. The Labute approximate surface area is 161 Å². The van der Waals surface area contributed by atoms with Crippen LogP contribution in [0.2, 0.25) is 0 Å². The fraction of sp³-hybridized carbons (Fsp3) is 0.450. The van der Waals surface area contributed by atoms with Crippen LogP contribution in [-0.2, 0) is 33.6 Å². The molecule has 2 amide bonds. The second-order valence-corrected chi connectivity index (χ2v) is 8.21. The Kier molecular flexibility index (Phi) is 4.21. The fourth-order valence-corrected chi connectivity index (χ4v) is 5.00. The summed E-state index contributed by atoms with van der Waals surface area (Å²) in [5.74, 6) is 0.322. The Balaban J connectivity index is 1.38. The van der Waals surface area contributed by atoms with Gasteiger partial charge in [-0.05, 0) is 36.1 Å². The first-order valence-corrected chi connectivity index (χ1v) is 10.3. The molecule has 7 heteroatoms. The molecular weight excluding hydrogens is 362 g/mol. The lowest BCUT2D eigenvalue weighted by Crippen LogP contribution is -2.41. The van der Waals surface area contributed by atoms with E-state index in [1.54, 1.807) is 0 Å². The standard InChI is InChI=1S/C20H21N3O3S/c24-18(22-4-6-26-7-5-22)11-17-21-16(12-27-17)14-8-13-2-1-3-23-19(25)10-15(9-14)20(13)23/h8-9,12H,1-7,10-11H2. The number of nitrogens with zero attached hydrogens (tertiary/aromatic N) is 3. The van der Waals surface area contributed by atoms with E-state index in [2.05, 4.69) is 12.1 Å². The van der Waals surface area contributed by atoms with Crippen LogP contribution in [0.1, 0.15) is 22.6 Å². The van der Waals surface area contributed by atoms with Crippen LogP contribution < -0.4 is 4.90 Å². The molecule has 0 atom stereocenters. The van der Waals surface area contributed by atoms with Crippen molar-refractivity contribution in [2.24, 2.45) is 0 Å². The first-order valence-electron chi connectivity index (χ1n) is 9.45. The topological polar surface area (TPSA) is 62.7 Å². The number of aryl methyl sites for hydroxylation is 1. The average Bonchev–Trinajstić information content (AvgIpc) is 3.28. The van der Waals surface area contributed by atoms with Crippen LogP contribution in [0.15, 0.2) is 17.5 Å². The first kappa shape index (κ1) is 16.9. The highest BCUT2D eigenvalue weighted by molar-refractivity contribution is 7.10. The summed E-state index contributed by atoms with van der Waals surface area (Å²) in [4.78, 5) is 33.2. The molecule has 5 rings (SSSR count). The molecule has 1 aromatic heterocycles. The van der Waals surface area contributed by atoms with E-state index in [0.29, 0.717) is 39.1 Å². The molecule has 6 nitrogen and oxygen atoms in total. The smallest absolute Gasteiger partial charge is 0.231 e. The van der Waals surface area contributed by atoms with Crippen LogP contribution in [0.3, 0.4) is 0 Å². The van der Waals surface area contributed by atoms with Crippen molar-refractivity contribution in [3.63, 3.8) is 0 Å². The molecule has 2 aromatic rings. The molecule has 0 unspecified atom stereocenters. The number of aromatic nitrogens is 1. The SMILES string of the molecule is O=C(Cc1nc(-c2cc3c4c(c2)CC(=O)N4CCC3)cs1)N1CCOCC1. The number of thiazole rings is 1. The van der Waals surface area contributed by atoms with Gasteiger partial charge in [0.1, 0.15) is 5.01 Å². The zero-order valence-corrected chi connectivity index (χ0v) is 15.9. The number of morpholine rings is 1. The minimum Gasteiger partial charge on any atom is -0.378 e. The van der Waals surface area contributed by atoms with Crippen molar-refractivity contribution in [3.8, 4) is 11.3 Å². The summed E-state index contributed by atoms with van der Waals surface area (Å²) in [7, 11) is 0. The predicted octanol–water partition coefficient (Wildman–Crippen LogP) is 2.05. The van der Waals surface area contributed by atoms with Crippen LogP contribution >= 0.6 is 11.3 Å². The van der Waals surface area contributed by atoms with Gasteiger partial charge < -0.3 is 14.5 Å².